The number of hydrogen-bond donors (Lipinski definition) is 2. The molecule has 0 radical (unpaired) electrons. The van der Waals surface area contributed by atoms with Crippen LogP contribution >= 0.6 is 0 Å². The summed E-state index contributed by atoms with van der Waals surface area (Å²) in [5.41, 5.74) is 1.50. The quantitative estimate of drug-likeness (QED) is 0.729. The van der Waals surface area contributed by atoms with Crippen molar-refractivity contribution in [2.45, 2.75) is 13.0 Å². The molecule has 0 unspecified atom stereocenters. The standard InChI is InChI=1S/C17H22N2O3S/c1-14(18-12-13-22-15-8-4-3-5-9-15)16-10-6-7-11-17(16)19-23(2,20)21/h3-11,14,18-19H,12-13H2,1-2H3/t14-/m1/s1. The summed E-state index contributed by atoms with van der Waals surface area (Å²) in [6.07, 6.45) is 1.15. The van der Waals surface area contributed by atoms with E-state index in [9.17, 15) is 8.42 Å². The number of nitrogens with one attached hydrogen (secondary N) is 2. The van der Waals surface area contributed by atoms with Crippen LogP contribution in [0, 0.1) is 0 Å². The summed E-state index contributed by atoms with van der Waals surface area (Å²) in [6.45, 7) is 3.19. The SMILES string of the molecule is C[C@@H](NCCOc1ccccc1)c1ccccc1NS(C)(=O)=O. The summed E-state index contributed by atoms with van der Waals surface area (Å²) in [6, 6.07) is 17.0. The lowest BCUT2D eigenvalue weighted by molar-refractivity contribution is 0.307. The molecule has 0 bridgehead atoms. The zero-order chi connectivity index (χ0) is 16.7. The molecule has 0 heterocycles. The van der Waals surface area contributed by atoms with Crippen molar-refractivity contribution in [1.29, 1.82) is 0 Å². The smallest absolute Gasteiger partial charge is 0.229 e. The highest BCUT2D eigenvalue weighted by atomic mass is 32.2. The zero-order valence-electron chi connectivity index (χ0n) is 13.3. The summed E-state index contributed by atoms with van der Waals surface area (Å²) in [5, 5.41) is 3.34. The van der Waals surface area contributed by atoms with Gasteiger partial charge >= 0.3 is 0 Å². The summed E-state index contributed by atoms with van der Waals surface area (Å²) < 4.78 is 31.1. The lowest BCUT2D eigenvalue weighted by Gasteiger charge is -2.18. The maximum absolute atomic E-state index is 11.4. The van der Waals surface area contributed by atoms with Gasteiger partial charge in [-0.15, -0.1) is 0 Å². The zero-order valence-corrected chi connectivity index (χ0v) is 14.1. The topological polar surface area (TPSA) is 67.4 Å². The molecule has 2 N–H and O–H groups in total. The Morgan fingerprint density at radius 1 is 1.04 bits per heavy atom. The predicted molar refractivity (Wildman–Crippen MR) is 93.3 cm³/mol. The van der Waals surface area contributed by atoms with Gasteiger partial charge in [0.1, 0.15) is 12.4 Å². The van der Waals surface area contributed by atoms with Crippen molar-refractivity contribution in [3.8, 4) is 5.75 Å². The molecule has 2 aromatic carbocycles. The lowest BCUT2D eigenvalue weighted by Crippen LogP contribution is -2.25. The first-order valence-electron chi connectivity index (χ1n) is 7.43. The van der Waals surface area contributed by atoms with Crippen LogP contribution in [0.15, 0.2) is 54.6 Å². The summed E-state index contributed by atoms with van der Waals surface area (Å²) in [5.74, 6) is 0.834. The first kappa shape index (κ1) is 17.3. The van der Waals surface area contributed by atoms with Crippen molar-refractivity contribution < 1.29 is 13.2 Å². The second-order valence-corrected chi connectivity index (χ2v) is 7.05. The number of hydrogen-bond acceptors (Lipinski definition) is 4. The van der Waals surface area contributed by atoms with Crippen molar-refractivity contribution in [1.82, 2.24) is 5.32 Å². The van der Waals surface area contributed by atoms with E-state index in [1.54, 1.807) is 6.07 Å². The van der Waals surface area contributed by atoms with Crippen LogP contribution in [0.4, 0.5) is 5.69 Å². The van der Waals surface area contributed by atoms with Gasteiger partial charge in [0.15, 0.2) is 0 Å². The highest BCUT2D eigenvalue weighted by Gasteiger charge is 2.12. The third-order valence-corrected chi connectivity index (χ3v) is 3.88. The first-order valence-corrected chi connectivity index (χ1v) is 9.33. The minimum atomic E-state index is -3.30. The Morgan fingerprint density at radius 3 is 2.39 bits per heavy atom. The van der Waals surface area contributed by atoms with Crippen LogP contribution in [0.2, 0.25) is 0 Å². The van der Waals surface area contributed by atoms with E-state index in [1.165, 1.54) is 0 Å². The molecular formula is C17H22N2O3S. The molecule has 2 aromatic rings. The van der Waals surface area contributed by atoms with E-state index < -0.39 is 10.0 Å². The fourth-order valence-electron chi connectivity index (χ4n) is 2.24. The van der Waals surface area contributed by atoms with Crippen LogP contribution in [-0.4, -0.2) is 27.8 Å². The number of ether oxygens (including phenoxy) is 1. The first-order chi connectivity index (χ1) is 11.0. The summed E-state index contributed by atoms with van der Waals surface area (Å²) in [7, 11) is -3.30. The third-order valence-electron chi connectivity index (χ3n) is 3.29. The van der Waals surface area contributed by atoms with Crippen molar-refractivity contribution in [2.24, 2.45) is 0 Å². The van der Waals surface area contributed by atoms with Gasteiger partial charge in [0.05, 0.1) is 11.9 Å². The average molecular weight is 334 g/mol. The van der Waals surface area contributed by atoms with Gasteiger partial charge in [0.2, 0.25) is 10.0 Å². The molecule has 0 fully saturated rings. The van der Waals surface area contributed by atoms with Gasteiger partial charge in [-0.1, -0.05) is 36.4 Å². The van der Waals surface area contributed by atoms with E-state index >= 15 is 0 Å². The molecule has 5 nitrogen and oxygen atoms in total. The summed E-state index contributed by atoms with van der Waals surface area (Å²) >= 11 is 0. The molecule has 0 aliphatic carbocycles. The maximum atomic E-state index is 11.4. The minimum absolute atomic E-state index is 0.000164. The Morgan fingerprint density at radius 2 is 1.70 bits per heavy atom. The van der Waals surface area contributed by atoms with Crippen LogP contribution < -0.4 is 14.8 Å². The molecular weight excluding hydrogens is 312 g/mol. The van der Waals surface area contributed by atoms with E-state index in [2.05, 4.69) is 10.0 Å². The molecule has 124 valence electrons. The molecule has 0 aliphatic heterocycles. The Labute approximate surface area is 137 Å². The molecule has 0 spiro atoms. The van der Waals surface area contributed by atoms with Gasteiger partial charge in [0.25, 0.3) is 0 Å². The van der Waals surface area contributed by atoms with Crippen LogP contribution in [-0.2, 0) is 10.0 Å². The molecule has 0 amide bonds. The largest absolute Gasteiger partial charge is 0.492 e. The molecule has 0 saturated heterocycles. The van der Waals surface area contributed by atoms with Gasteiger partial charge in [-0.25, -0.2) is 8.42 Å². The second kappa shape index (κ2) is 7.99. The molecule has 0 aliphatic rings. The lowest BCUT2D eigenvalue weighted by atomic mass is 10.1. The molecule has 23 heavy (non-hydrogen) atoms. The molecule has 0 aromatic heterocycles. The normalized spacial score (nSPS) is 12.6. The second-order valence-electron chi connectivity index (χ2n) is 5.30. The number of benzene rings is 2. The predicted octanol–water partition coefficient (Wildman–Crippen LogP) is 2.79. The average Bonchev–Trinajstić information content (AvgIpc) is 2.51. The fourth-order valence-corrected chi connectivity index (χ4v) is 2.82. The number of para-hydroxylation sites is 2. The van der Waals surface area contributed by atoms with E-state index in [0.717, 1.165) is 17.6 Å². The number of rotatable bonds is 8. The highest BCUT2D eigenvalue weighted by molar-refractivity contribution is 7.92. The van der Waals surface area contributed by atoms with Crippen LogP contribution in [0.25, 0.3) is 0 Å². The van der Waals surface area contributed by atoms with Crippen LogP contribution in [0.5, 0.6) is 5.75 Å². The van der Waals surface area contributed by atoms with Crippen molar-refractivity contribution in [3.05, 3.63) is 60.2 Å². The van der Waals surface area contributed by atoms with Crippen molar-refractivity contribution in [3.63, 3.8) is 0 Å². The van der Waals surface area contributed by atoms with Gasteiger partial charge in [-0.3, -0.25) is 4.72 Å². The monoisotopic (exact) mass is 334 g/mol. The molecule has 6 heteroatoms. The van der Waals surface area contributed by atoms with E-state index in [1.807, 2.05) is 55.5 Å². The van der Waals surface area contributed by atoms with Gasteiger partial charge in [0, 0.05) is 12.6 Å². The Bertz CT molecular complexity index is 718. The minimum Gasteiger partial charge on any atom is -0.492 e. The van der Waals surface area contributed by atoms with E-state index in [-0.39, 0.29) is 6.04 Å². The van der Waals surface area contributed by atoms with E-state index in [0.29, 0.717) is 18.8 Å². The van der Waals surface area contributed by atoms with Gasteiger partial charge in [-0.05, 0) is 30.7 Å². The Hall–Kier alpha value is -2.05. The van der Waals surface area contributed by atoms with Crippen LogP contribution in [0.1, 0.15) is 18.5 Å². The molecule has 1 atom stereocenters. The summed E-state index contributed by atoms with van der Waals surface area (Å²) in [4.78, 5) is 0. The Kier molecular flexibility index (Phi) is 6.01. The highest BCUT2D eigenvalue weighted by Crippen LogP contribution is 2.23. The van der Waals surface area contributed by atoms with E-state index in [4.69, 9.17) is 4.74 Å². The van der Waals surface area contributed by atoms with Gasteiger partial charge < -0.3 is 10.1 Å². The third kappa shape index (κ3) is 5.92. The van der Waals surface area contributed by atoms with Crippen molar-refractivity contribution in [2.75, 3.05) is 24.1 Å². The maximum Gasteiger partial charge on any atom is 0.229 e. The Balaban J connectivity index is 1.89. The fraction of sp³-hybridized carbons (Fsp3) is 0.294. The van der Waals surface area contributed by atoms with Crippen LogP contribution in [0.3, 0.4) is 0 Å². The van der Waals surface area contributed by atoms with Crippen molar-refractivity contribution >= 4 is 15.7 Å². The number of sulfonamides is 1. The van der Waals surface area contributed by atoms with Gasteiger partial charge in [-0.2, -0.15) is 0 Å². The molecule has 2 rings (SSSR count). The number of anilines is 1. The molecule has 0 saturated carbocycles.